The lowest BCUT2D eigenvalue weighted by atomic mass is 10.0. The van der Waals surface area contributed by atoms with Crippen LogP contribution in [0.2, 0.25) is 0 Å². The third-order valence-electron chi connectivity index (χ3n) is 4.45. The van der Waals surface area contributed by atoms with Gasteiger partial charge in [-0.3, -0.25) is 0 Å². The topological polar surface area (TPSA) is 81.7 Å². The van der Waals surface area contributed by atoms with Gasteiger partial charge in [0.15, 0.2) is 0 Å². The normalized spacial score (nSPS) is 15.8. The van der Waals surface area contributed by atoms with Crippen LogP contribution < -0.4 is 4.72 Å². The van der Waals surface area contributed by atoms with Gasteiger partial charge in [-0.25, -0.2) is 17.9 Å². The van der Waals surface area contributed by atoms with Crippen molar-refractivity contribution in [2.75, 3.05) is 20.8 Å². The Bertz CT molecular complexity index is 863. The van der Waals surface area contributed by atoms with Crippen molar-refractivity contribution in [2.24, 2.45) is 0 Å². The highest BCUT2D eigenvalue weighted by atomic mass is 32.2. The minimum Gasteiger partial charge on any atom is -0.465 e. The number of carbonyl (C=O) groups is 1. The van der Waals surface area contributed by atoms with Gasteiger partial charge < -0.3 is 9.47 Å². The van der Waals surface area contributed by atoms with Crippen LogP contribution in [0.4, 0.5) is 0 Å². The summed E-state index contributed by atoms with van der Waals surface area (Å²) in [5.74, 6) is -0.662. The van der Waals surface area contributed by atoms with Gasteiger partial charge in [0.25, 0.3) is 0 Å². The van der Waals surface area contributed by atoms with E-state index in [2.05, 4.69) is 9.46 Å². The number of rotatable bonds is 6. The molecule has 0 fully saturated rings. The fourth-order valence-electron chi connectivity index (χ4n) is 3.06. The van der Waals surface area contributed by atoms with Crippen molar-refractivity contribution in [1.29, 1.82) is 0 Å². The fourth-order valence-corrected chi connectivity index (χ4v) is 5.50. The zero-order valence-electron chi connectivity index (χ0n) is 13.9. The van der Waals surface area contributed by atoms with Crippen LogP contribution in [0.1, 0.15) is 20.8 Å². The van der Waals surface area contributed by atoms with Crippen LogP contribution in [0, 0.1) is 0 Å². The van der Waals surface area contributed by atoms with E-state index < -0.39 is 21.6 Å². The molecule has 1 aromatic heterocycles. The second-order valence-electron chi connectivity index (χ2n) is 5.94. The summed E-state index contributed by atoms with van der Waals surface area (Å²) >= 11 is 1.04. The number of thiophene rings is 1. The molecule has 1 aliphatic rings. The first-order chi connectivity index (χ1) is 11.9. The van der Waals surface area contributed by atoms with Gasteiger partial charge in [0.05, 0.1) is 12.7 Å². The van der Waals surface area contributed by atoms with Gasteiger partial charge in [-0.15, -0.1) is 11.3 Å². The Kier molecular flexibility index (Phi) is 4.97. The molecule has 6 nitrogen and oxygen atoms in total. The molecule has 0 unspecified atom stereocenters. The third kappa shape index (κ3) is 3.48. The number of methoxy groups -OCH3 is 2. The lowest BCUT2D eigenvalue weighted by Crippen LogP contribution is -2.45. The zero-order valence-corrected chi connectivity index (χ0v) is 15.6. The molecule has 1 aliphatic carbocycles. The summed E-state index contributed by atoms with van der Waals surface area (Å²) in [6.45, 7) is 0.122. The monoisotopic (exact) mass is 381 g/mol. The van der Waals surface area contributed by atoms with Crippen LogP contribution in [0.25, 0.3) is 0 Å². The molecule has 0 radical (unpaired) electrons. The SMILES string of the molecule is COC(=O)c1sccc1S(=O)(=O)NCC1(OC)Cc2ccccc2C1. The molecular weight excluding hydrogens is 362 g/mol. The summed E-state index contributed by atoms with van der Waals surface area (Å²) in [5.41, 5.74) is 1.70. The van der Waals surface area contributed by atoms with Crippen molar-refractivity contribution in [1.82, 2.24) is 4.72 Å². The van der Waals surface area contributed by atoms with Crippen LogP contribution in [0.5, 0.6) is 0 Å². The second kappa shape index (κ2) is 6.87. The summed E-state index contributed by atoms with van der Waals surface area (Å²) in [4.78, 5) is 11.7. The fraction of sp³-hybridized carbons (Fsp3) is 0.353. The van der Waals surface area contributed by atoms with Gasteiger partial charge in [-0.2, -0.15) is 0 Å². The summed E-state index contributed by atoms with van der Waals surface area (Å²) in [6.07, 6.45) is 1.27. The molecule has 0 saturated carbocycles. The molecule has 0 atom stereocenters. The van der Waals surface area contributed by atoms with Gasteiger partial charge in [-0.1, -0.05) is 24.3 Å². The average Bonchev–Trinajstić information content (AvgIpc) is 3.24. The Morgan fingerprint density at radius 3 is 2.40 bits per heavy atom. The number of hydrogen-bond acceptors (Lipinski definition) is 6. The van der Waals surface area contributed by atoms with Crippen LogP contribution in [-0.4, -0.2) is 40.8 Å². The highest BCUT2D eigenvalue weighted by Gasteiger charge is 2.38. The number of esters is 1. The largest absolute Gasteiger partial charge is 0.465 e. The summed E-state index contributed by atoms with van der Waals surface area (Å²) in [6, 6.07) is 9.38. The third-order valence-corrected chi connectivity index (χ3v) is 6.92. The van der Waals surface area contributed by atoms with Gasteiger partial charge in [0.2, 0.25) is 10.0 Å². The van der Waals surface area contributed by atoms with Gasteiger partial charge >= 0.3 is 5.97 Å². The molecule has 1 heterocycles. The highest BCUT2D eigenvalue weighted by Crippen LogP contribution is 2.32. The molecule has 2 aromatic rings. The maximum absolute atomic E-state index is 12.7. The molecule has 0 amide bonds. The maximum Gasteiger partial charge on any atom is 0.349 e. The molecule has 25 heavy (non-hydrogen) atoms. The van der Waals surface area contributed by atoms with Crippen LogP contribution in [0.3, 0.4) is 0 Å². The molecule has 0 spiro atoms. The number of ether oxygens (including phenoxy) is 2. The van der Waals surface area contributed by atoms with Crippen molar-refractivity contribution in [3.8, 4) is 0 Å². The first-order valence-corrected chi connectivity index (χ1v) is 10.0. The molecule has 3 rings (SSSR count). The standard InChI is InChI=1S/C17H19NO5S2/c1-22-16(19)15-14(7-8-24-15)25(20,21)18-11-17(23-2)9-12-5-3-4-6-13(12)10-17/h3-8,18H,9-11H2,1-2H3. The van der Waals surface area contributed by atoms with Crippen molar-refractivity contribution in [3.05, 3.63) is 51.7 Å². The Hall–Kier alpha value is -1.74. The average molecular weight is 381 g/mol. The number of sulfonamides is 1. The number of nitrogens with one attached hydrogen (secondary N) is 1. The Balaban J connectivity index is 1.79. The van der Waals surface area contributed by atoms with E-state index in [1.54, 1.807) is 12.5 Å². The van der Waals surface area contributed by atoms with Gasteiger partial charge in [0, 0.05) is 26.5 Å². The van der Waals surface area contributed by atoms with E-state index in [1.807, 2.05) is 24.3 Å². The molecule has 0 aliphatic heterocycles. The van der Waals surface area contributed by atoms with Crippen LogP contribution in [-0.2, 0) is 32.3 Å². The molecule has 134 valence electrons. The number of carbonyl (C=O) groups excluding carboxylic acids is 1. The van der Waals surface area contributed by atoms with Crippen molar-refractivity contribution in [2.45, 2.75) is 23.3 Å². The van der Waals surface area contributed by atoms with E-state index in [0.717, 1.165) is 22.5 Å². The molecule has 0 saturated heterocycles. The second-order valence-corrected chi connectivity index (χ2v) is 8.59. The molecular formula is C17H19NO5S2. The van der Waals surface area contributed by atoms with E-state index in [0.29, 0.717) is 12.8 Å². The quantitative estimate of drug-likeness (QED) is 0.774. The molecule has 1 aromatic carbocycles. The first-order valence-electron chi connectivity index (χ1n) is 7.68. The molecule has 0 bridgehead atoms. The maximum atomic E-state index is 12.7. The van der Waals surface area contributed by atoms with Crippen molar-refractivity contribution in [3.63, 3.8) is 0 Å². The molecule has 1 N–H and O–H groups in total. The Labute approximate surface area is 150 Å². The van der Waals surface area contributed by atoms with E-state index in [4.69, 9.17) is 4.74 Å². The Morgan fingerprint density at radius 2 is 1.84 bits per heavy atom. The number of hydrogen-bond donors (Lipinski definition) is 1. The number of benzene rings is 1. The zero-order chi connectivity index (χ0) is 18.1. The van der Waals surface area contributed by atoms with E-state index >= 15 is 0 Å². The summed E-state index contributed by atoms with van der Waals surface area (Å²) in [5, 5.41) is 1.55. The van der Waals surface area contributed by atoms with Gasteiger partial charge in [-0.05, 0) is 22.6 Å². The van der Waals surface area contributed by atoms with E-state index in [-0.39, 0.29) is 16.3 Å². The van der Waals surface area contributed by atoms with Crippen molar-refractivity contribution >= 4 is 27.3 Å². The molecule has 8 heteroatoms. The van der Waals surface area contributed by atoms with Crippen LogP contribution >= 0.6 is 11.3 Å². The Morgan fingerprint density at radius 1 is 1.20 bits per heavy atom. The highest BCUT2D eigenvalue weighted by molar-refractivity contribution is 7.89. The smallest absolute Gasteiger partial charge is 0.349 e. The summed E-state index contributed by atoms with van der Waals surface area (Å²) < 4.78 is 38.2. The predicted octanol–water partition coefficient (Wildman–Crippen LogP) is 2.00. The lowest BCUT2D eigenvalue weighted by molar-refractivity contribution is 0.00378. The van der Waals surface area contributed by atoms with Gasteiger partial charge in [0.1, 0.15) is 9.77 Å². The number of fused-ring (bicyclic) bond motifs is 1. The lowest BCUT2D eigenvalue weighted by Gasteiger charge is -2.27. The van der Waals surface area contributed by atoms with Crippen molar-refractivity contribution < 1.29 is 22.7 Å². The first kappa shape index (κ1) is 18.1. The van der Waals surface area contributed by atoms with Crippen LogP contribution in [0.15, 0.2) is 40.6 Å². The predicted molar refractivity (Wildman–Crippen MR) is 94.4 cm³/mol. The minimum absolute atomic E-state index is 0.0638. The van der Waals surface area contributed by atoms with E-state index in [1.165, 1.54) is 13.2 Å². The van der Waals surface area contributed by atoms with E-state index in [9.17, 15) is 13.2 Å². The minimum atomic E-state index is -3.85. The summed E-state index contributed by atoms with van der Waals surface area (Å²) in [7, 11) is -1.03.